The molecular weight excluding hydrogens is 465 g/mol. The number of hydrogen-bond donors (Lipinski definition) is 0. The van der Waals surface area contributed by atoms with Crippen LogP contribution in [0.2, 0.25) is 0 Å². The van der Waals surface area contributed by atoms with Gasteiger partial charge in [0.25, 0.3) is 0 Å². The molecule has 3 aliphatic rings. The van der Waals surface area contributed by atoms with Crippen molar-refractivity contribution < 1.29 is 9.13 Å². The number of rotatable bonds is 7. The Labute approximate surface area is 220 Å². The van der Waals surface area contributed by atoms with E-state index in [0.717, 1.165) is 70.6 Å². The highest BCUT2D eigenvalue weighted by Gasteiger charge is 2.39. The molecule has 2 saturated heterocycles. The molecule has 3 aromatic rings. The fourth-order valence-corrected chi connectivity index (χ4v) is 6.31. The minimum atomic E-state index is -0.566. The van der Waals surface area contributed by atoms with Crippen LogP contribution in [0.3, 0.4) is 0 Å². The zero-order valence-electron chi connectivity index (χ0n) is 22.4. The first kappa shape index (κ1) is 24.8. The Bertz CT molecular complexity index is 1210. The van der Waals surface area contributed by atoms with Crippen molar-refractivity contribution in [2.24, 2.45) is 5.92 Å². The standard InChI is InChI=1S/C30H40FN5O/c1-22(2)34-12-9-30(37-3,10-13-34)26-6-4-23(5-7-26)24-19-29-28(8-11-32-36(29)21-24)35-16-14-33(15-17-35)20-25-18-27(25)31/h4-8,11,19,21-22,25,27H,9-10,12-18,20H2,1-3H3/t25?,27-/m0/s1. The van der Waals surface area contributed by atoms with Crippen LogP contribution in [0.25, 0.3) is 16.6 Å². The number of anilines is 1. The molecule has 2 aliphatic heterocycles. The van der Waals surface area contributed by atoms with Gasteiger partial charge in [0, 0.05) is 82.8 Å². The molecule has 1 saturated carbocycles. The Kier molecular flexibility index (Phi) is 6.72. The number of fused-ring (bicyclic) bond motifs is 1. The van der Waals surface area contributed by atoms with Crippen LogP contribution >= 0.6 is 0 Å². The molecule has 0 spiro atoms. The molecule has 0 bridgehead atoms. The SMILES string of the molecule is COC1(c2ccc(-c3cc4c(N5CCN(CC6C[C@@H]6F)CC5)ccnn4c3)cc2)CCN(C(C)C)CC1. The van der Waals surface area contributed by atoms with Gasteiger partial charge in [0.15, 0.2) is 0 Å². The van der Waals surface area contributed by atoms with Gasteiger partial charge < -0.3 is 14.5 Å². The van der Waals surface area contributed by atoms with Crippen LogP contribution < -0.4 is 4.90 Å². The number of ether oxygens (including phenoxy) is 1. The Morgan fingerprint density at radius 3 is 2.32 bits per heavy atom. The monoisotopic (exact) mass is 505 g/mol. The van der Waals surface area contributed by atoms with Crippen LogP contribution in [-0.4, -0.2) is 84.6 Å². The highest BCUT2D eigenvalue weighted by Crippen LogP contribution is 2.38. The van der Waals surface area contributed by atoms with Gasteiger partial charge in [0.2, 0.25) is 0 Å². The van der Waals surface area contributed by atoms with Gasteiger partial charge >= 0.3 is 0 Å². The highest BCUT2D eigenvalue weighted by atomic mass is 19.1. The maximum atomic E-state index is 13.3. The average molecular weight is 506 g/mol. The number of aromatic nitrogens is 2. The van der Waals surface area contributed by atoms with Crippen molar-refractivity contribution in [1.29, 1.82) is 0 Å². The maximum absolute atomic E-state index is 13.3. The molecule has 37 heavy (non-hydrogen) atoms. The second-order valence-corrected chi connectivity index (χ2v) is 11.5. The lowest BCUT2D eigenvalue weighted by Crippen LogP contribution is -2.47. The first-order valence-electron chi connectivity index (χ1n) is 13.9. The summed E-state index contributed by atoms with van der Waals surface area (Å²) in [6.07, 6.45) is 6.25. The summed E-state index contributed by atoms with van der Waals surface area (Å²) in [6.45, 7) is 11.5. The van der Waals surface area contributed by atoms with Gasteiger partial charge in [-0.2, -0.15) is 5.10 Å². The molecule has 7 heteroatoms. The summed E-state index contributed by atoms with van der Waals surface area (Å²) >= 11 is 0. The minimum Gasteiger partial charge on any atom is -0.373 e. The summed E-state index contributed by atoms with van der Waals surface area (Å²) < 4.78 is 21.5. The fourth-order valence-electron chi connectivity index (χ4n) is 6.31. The lowest BCUT2D eigenvalue weighted by Gasteiger charge is -2.42. The van der Waals surface area contributed by atoms with Crippen LogP contribution in [-0.2, 0) is 10.3 Å². The predicted octanol–water partition coefficient (Wildman–Crippen LogP) is 4.83. The molecule has 0 radical (unpaired) electrons. The van der Waals surface area contributed by atoms with Crippen LogP contribution in [0.4, 0.5) is 10.1 Å². The van der Waals surface area contributed by atoms with Crippen molar-refractivity contribution in [3.8, 4) is 11.1 Å². The van der Waals surface area contributed by atoms with Crippen molar-refractivity contribution in [1.82, 2.24) is 19.4 Å². The van der Waals surface area contributed by atoms with E-state index < -0.39 is 6.17 Å². The topological polar surface area (TPSA) is 36.3 Å². The average Bonchev–Trinajstić information content (AvgIpc) is 3.44. The van der Waals surface area contributed by atoms with E-state index >= 15 is 0 Å². The van der Waals surface area contributed by atoms with E-state index in [1.54, 1.807) is 0 Å². The van der Waals surface area contributed by atoms with Gasteiger partial charge in [-0.15, -0.1) is 0 Å². The number of piperazine rings is 1. The molecule has 1 aromatic carbocycles. The summed E-state index contributed by atoms with van der Waals surface area (Å²) in [5.41, 5.74) is 5.80. The number of alkyl halides is 1. The first-order valence-corrected chi connectivity index (χ1v) is 13.9. The van der Waals surface area contributed by atoms with E-state index in [1.807, 2.05) is 17.8 Å². The summed E-state index contributed by atoms with van der Waals surface area (Å²) in [5.74, 6) is 0.269. The van der Waals surface area contributed by atoms with E-state index in [2.05, 4.69) is 76.2 Å². The van der Waals surface area contributed by atoms with E-state index in [4.69, 9.17) is 4.74 Å². The van der Waals surface area contributed by atoms with Gasteiger partial charge in [-0.25, -0.2) is 8.91 Å². The van der Waals surface area contributed by atoms with Crippen molar-refractivity contribution in [2.75, 3.05) is 57.8 Å². The van der Waals surface area contributed by atoms with E-state index in [-0.39, 0.29) is 11.5 Å². The zero-order valence-corrected chi connectivity index (χ0v) is 22.4. The van der Waals surface area contributed by atoms with Crippen molar-refractivity contribution in [3.05, 3.63) is 54.4 Å². The molecule has 1 unspecified atom stereocenters. The van der Waals surface area contributed by atoms with Crippen LogP contribution in [0, 0.1) is 5.92 Å². The summed E-state index contributed by atoms with van der Waals surface area (Å²) in [4.78, 5) is 7.41. The largest absolute Gasteiger partial charge is 0.373 e. The summed E-state index contributed by atoms with van der Waals surface area (Å²) in [7, 11) is 1.86. The number of piperidine rings is 1. The number of hydrogen-bond acceptors (Lipinski definition) is 5. The molecule has 198 valence electrons. The molecule has 2 atom stereocenters. The molecule has 6 nitrogen and oxygen atoms in total. The maximum Gasteiger partial charge on any atom is 0.105 e. The fraction of sp³-hybridized carbons (Fsp3) is 0.567. The van der Waals surface area contributed by atoms with E-state index in [1.165, 1.54) is 22.4 Å². The van der Waals surface area contributed by atoms with Gasteiger partial charge in [-0.1, -0.05) is 24.3 Å². The lowest BCUT2D eigenvalue weighted by molar-refractivity contribution is -0.0669. The zero-order chi connectivity index (χ0) is 25.6. The first-order chi connectivity index (χ1) is 18.0. The number of benzene rings is 1. The van der Waals surface area contributed by atoms with Gasteiger partial charge in [-0.05, 0) is 56.4 Å². The molecule has 3 fully saturated rings. The lowest BCUT2D eigenvalue weighted by atomic mass is 9.83. The third-order valence-corrected chi connectivity index (χ3v) is 9.00. The van der Waals surface area contributed by atoms with Gasteiger partial charge in [-0.3, -0.25) is 4.90 Å². The quantitative estimate of drug-likeness (QED) is 0.460. The van der Waals surface area contributed by atoms with Crippen LogP contribution in [0.5, 0.6) is 0 Å². The van der Waals surface area contributed by atoms with Gasteiger partial charge in [0.1, 0.15) is 6.17 Å². The second kappa shape index (κ2) is 10.0. The number of nitrogens with zero attached hydrogens (tertiary/aromatic N) is 5. The second-order valence-electron chi connectivity index (χ2n) is 11.5. The minimum absolute atomic E-state index is 0.198. The Hall–Kier alpha value is -2.48. The van der Waals surface area contributed by atoms with Crippen LogP contribution in [0.15, 0.2) is 48.8 Å². The third-order valence-electron chi connectivity index (χ3n) is 9.00. The number of likely N-dealkylation sites (tertiary alicyclic amines) is 1. The predicted molar refractivity (Wildman–Crippen MR) is 147 cm³/mol. The Balaban J connectivity index is 1.18. The molecule has 6 rings (SSSR count). The molecule has 0 amide bonds. The number of methoxy groups -OCH3 is 1. The van der Waals surface area contributed by atoms with E-state index in [0.29, 0.717) is 6.04 Å². The summed E-state index contributed by atoms with van der Waals surface area (Å²) in [5, 5.41) is 4.60. The smallest absolute Gasteiger partial charge is 0.105 e. The van der Waals surface area contributed by atoms with Crippen LogP contribution in [0.1, 0.15) is 38.7 Å². The Morgan fingerprint density at radius 2 is 1.70 bits per heavy atom. The molecule has 4 heterocycles. The molecular formula is C30H40FN5O. The molecule has 0 N–H and O–H groups in total. The summed E-state index contributed by atoms with van der Waals surface area (Å²) in [6, 6.07) is 13.9. The van der Waals surface area contributed by atoms with Crippen molar-refractivity contribution >= 4 is 11.2 Å². The van der Waals surface area contributed by atoms with Crippen molar-refractivity contribution in [2.45, 2.75) is 50.9 Å². The number of halogens is 1. The van der Waals surface area contributed by atoms with E-state index in [9.17, 15) is 4.39 Å². The Morgan fingerprint density at radius 1 is 1.00 bits per heavy atom. The van der Waals surface area contributed by atoms with Crippen molar-refractivity contribution in [3.63, 3.8) is 0 Å². The highest BCUT2D eigenvalue weighted by molar-refractivity contribution is 5.80. The molecule has 1 aliphatic carbocycles. The molecule has 2 aromatic heterocycles. The van der Waals surface area contributed by atoms with Gasteiger partial charge in [0.05, 0.1) is 16.8 Å². The third kappa shape index (κ3) is 4.89. The normalized spacial score (nSPS) is 24.7.